The van der Waals surface area contributed by atoms with Crippen LogP contribution >= 0.6 is 25.8 Å². The Morgan fingerprint density at radius 1 is 0.977 bits per heavy atom. The van der Waals surface area contributed by atoms with Gasteiger partial charge in [-0.15, -0.1) is 0 Å². The number of carbonyl (C=O) groups is 1. The van der Waals surface area contributed by atoms with Gasteiger partial charge in [0.2, 0.25) is 0 Å². The molecule has 0 radical (unpaired) electrons. The molecule has 7 rings (SSSR count). The Labute approximate surface area is 257 Å². The molecule has 236 valence electrons. The third kappa shape index (κ3) is 5.34. The number of imidazole rings is 2. The van der Waals surface area contributed by atoms with E-state index in [2.05, 4.69) is 37.2 Å². The molecule has 23 heteroatoms. The van der Waals surface area contributed by atoms with Crippen molar-refractivity contribution in [2.75, 3.05) is 18.9 Å². The van der Waals surface area contributed by atoms with Crippen LogP contribution in [0.1, 0.15) is 29.4 Å². The fourth-order valence-corrected chi connectivity index (χ4v) is 8.30. The van der Waals surface area contributed by atoms with Gasteiger partial charge in [0.15, 0.2) is 41.2 Å². The van der Waals surface area contributed by atoms with Crippen LogP contribution in [0.4, 0.5) is 11.6 Å². The van der Waals surface area contributed by atoms with E-state index in [4.69, 9.17) is 45.1 Å². The van der Waals surface area contributed by atoms with Crippen LogP contribution in [0.15, 0.2) is 24.0 Å². The Morgan fingerprint density at radius 3 is 2.39 bits per heavy atom. The molecule has 0 aliphatic carbocycles. The number of aliphatic imine (C=N–C) groups is 1. The van der Waals surface area contributed by atoms with E-state index in [1.807, 2.05) is 0 Å². The number of hydrogen-bond donors (Lipinski definition) is 5. The number of aromatic nitrogens is 6. The summed E-state index contributed by atoms with van der Waals surface area (Å²) < 4.78 is 50.5. The van der Waals surface area contributed by atoms with Gasteiger partial charge in [0.25, 0.3) is 0 Å². The quantitative estimate of drug-likeness (QED) is 0.178. The second kappa shape index (κ2) is 11.2. The van der Waals surface area contributed by atoms with Crippen LogP contribution in [0.5, 0.6) is 0 Å². The number of anilines is 1. The van der Waals surface area contributed by atoms with Crippen molar-refractivity contribution in [2.45, 2.75) is 55.5 Å². The molecule has 3 aromatic heterocycles. The first-order valence-corrected chi connectivity index (χ1v) is 18.2. The summed E-state index contributed by atoms with van der Waals surface area (Å²) in [6.07, 6.45) is -5.27. The lowest BCUT2D eigenvalue weighted by Crippen LogP contribution is -2.38. The standard InChI is InChI=1S/C21H24N8O11P2S2/c22-17-12-19(25-5-24-17)29(7-27-12)21-14(32)16-10(38-21)4-36-41(33,43)39-15-9(3-35-42(34,44)40-16)37-20(13(15)31)28-6-26-11-8(30)1-2-23-18(11)28/h2,5-7,9-10,13-16,20-21,31-32H,1,3-4H2,(H,33,43)(H,34,44)(H2,22,24,25)/t9-,10-,13-,14-,15-,16-,20-,21-,41?,42?/m1/s1. The highest BCUT2D eigenvalue weighted by atomic mass is 32.7. The molecular weight excluding hydrogens is 666 g/mol. The number of thiol groups is 1. The van der Waals surface area contributed by atoms with Crippen LogP contribution in [0, 0.1) is 0 Å². The number of fused-ring (bicyclic) bond motifs is 4. The first-order chi connectivity index (χ1) is 20.9. The average molecular weight is 691 g/mol. The number of ketones is 1. The zero-order chi connectivity index (χ0) is 31.0. The normalized spacial score (nSPS) is 39.4. The molecular formula is C21H24N8O11P2S2. The Hall–Kier alpha value is -2.23. The van der Waals surface area contributed by atoms with Crippen molar-refractivity contribution < 1.29 is 52.0 Å². The van der Waals surface area contributed by atoms with Crippen LogP contribution in [0.3, 0.4) is 0 Å². The van der Waals surface area contributed by atoms with Gasteiger partial charge in [-0.1, -0.05) is 12.2 Å². The van der Waals surface area contributed by atoms with Gasteiger partial charge < -0.3 is 34.8 Å². The summed E-state index contributed by atoms with van der Waals surface area (Å²) in [5, 5.41) is 22.5. The van der Waals surface area contributed by atoms with Crippen molar-refractivity contribution in [3.8, 4) is 0 Å². The van der Waals surface area contributed by atoms with Crippen molar-refractivity contribution in [3.05, 3.63) is 24.7 Å². The molecule has 44 heavy (non-hydrogen) atoms. The number of ether oxygens (including phenoxy) is 2. The molecule has 2 unspecified atom stereocenters. The summed E-state index contributed by atoms with van der Waals surface area (Å²) >= 11 is 9.30. The van der Waals surface area contributed by atoms with E-state index in [-0.39, 0.29) is 40.7 Å². The van der Waals surface area contributed by atoms with E-state index in [0.717, 1.165) is 0 Å². The minimum absolute atomic E-state index is 0.0748. The predicted octanol–water partition coefficient (Wildman–Crippen LogP) is 0.182. The monoisotopic (exact) mass is 690 g/mol. The van der Waals surface area contributed by atoms with Gasteiger partial charge in [-0.2, -0.15) is 0 Å². The lowest BCUT2D eigenvalue weighted by Gasteiger charge is -2.29. The van der Waals surface area contributed by atoms with Gasteiger partial charge in [0.1, 0.15) is 48.5 Å². The summed E-state index contributed by atoms with van der Waals surface area (Å²) in [4.78, 5) is 43.7. The van der Waals surface area contributed by atoms with Crippen molar-refractivity contribution >= 4 is 72.4 Å². The molecule has 19 nitrogen and oxygen atoms in total. The SMILES string of the molecule is Nc1ncnc2c1ncn2[C@@H]1O[C@@H]2COP(O)(=S)O[C@H]3[C@@H](O)[C@H](n4cnc5c4N=CCC5=O)O[C@@H]3COP(=O)(S)O[C@H]2[C@H]1O. The lowest BCUT2D eigenvalue weighted by molar-refractivity contribution is -0.0580. The molecule has 7 heterocycles. The minimum Gasteiger partial charge on any atom is -0.386 e. The largest absolute Gasteiger partial charge is 0.386 e. The van der Waals surface area contributed by atoms with E-state index in [1.165, 1.54) is 34.3 Å². The molecule has 0 amide bonds. The van der Waals surface area contributed by atoms with Crippen molar-refractivity contribution in [1.29, 1.82) is 0 Å². The first kappa shape index (κ1) is 30.4. The maximum Gasteiger partial charge on any atom is 0.386 e. The molecule has 4 aliphatic rings. The second-order valence-electron chi connectivity index (χ2n) is 10.1. The zero-order valence-corrected chi connectivity index (χ0v) is 25.6. The number of nitrogens with zero attached hydrogens (tertiary/aromatic N) is 7. The summed E-state index contributed by atoms with van der Waals surface area (Å²) in [5.74, 6) is -0.0136. The van der Waals surface area contributed by atoms with E-state index in [9.17, 15) is 24.5 Å². The Balaban J connectivity index is 1.16. The van der Waals surface area contributed by atoms with Crippen molar-refractivity contribution in [1.82, 2.24) is 29.1 Å². The fraction of sp³-hybridized carbons (Fsp3) is 0.524. The van der Waals surface area contributed by atoms with Crippen molar-refractivity contribution in [3.63, 3.8) is 0 Å². The lowest BCUT2D eigenvalue weighted by atomic mass is 10.1. The summed E-state index contributed by atoms with van der Waals surface area (Å²) in [5.41, 5.74) is 6.46. The van der Waals surface area contributed by atoms with Gasteiger partial charge >= 0.3 is 13.5 Å². The number of hydrogen-bond acceptors (Lipinski definition) is 17. The highest BCUT2D eigenvalue weighted by Gasteiger charge is 2.53. The molecule has 3 fully saturated rings. The zero-order valence-electron chi connectivity index (χ0n) is 22.1. The maximum absolute atomic E-state index is 13.4. The molecule has 0 saturated carbocycles. The van der Waals surface area contributed by atoms with E-state index in [0.29, 0.717) is 0 Å². The molecule has 0 bridgehead atoms. The Morgan fingerprint density at radius 2 is 1.64 bits per heavy atom. The molecule has 0 spiro atoms. The number of nitrogen functional groups attached to an aromatic ring is 1. The van der Waals surface area contributed by atoms with Crippen LogP contribution in [-0.2, 0) is 43.9 Å². The third-order valence-electron chi connectivity index (χ3n) is 7.39. The van der Waals surface area contributed by atoms with Crippen molar-refractivity contribution in [2.24, 2.45) is 4.99 Å². The van der Waals surface area contributed by atoms with Gasteiger partial charge in [-0.3, -0.25) is 27.5 Å². The molecule has 3 saturated heterocycles. The summed E-state index contributed by atoms with van der Waals surface area (Å²) in [6.45, 7) is -9.45. The van der Waals surface area contributed by atoms with Crippen LogP contribution in [0.25, 0.3) is 11.2 Å². The number of carbonyl (C=O) groups excluding carboxylic acids is 1. The molecule has 5 N–H and O–H groups in total. The van der Waals surface area contributed by atoms with E-state index in [1.54, 1.807) is 0 Å². The maximum atomic E-state index is 13.4. The molecule has 3 aromatic rings. The molecule has 4 aliphatic heterocycles. The Bertz CT molecular complexity index is 1760. The van der Waals surface area contributed by atoms with E-state index >= 15 is 0 Å². The van der Waals surface area contributed by atoms with Gasteiger partial charge in [-0.05, 0) is 11.8 Å². The predicted molar refractivity (Wildman–Crippen MR) is 154 cm³/mol. The highest BCUT2D eigenvalue weighted by molar-refractivity contribution is 8.44. The number of Topliss-reactive ketones (excluding diaryl/α,β-unsaturated/α-hetero) is 1. The van der Waals surface area contributed by atoms with Crippen LogP contribution in [0.2, 0.25) is 0 Å². The smallest absolute Gasteiger partial charge is 0.386 e. The van der Waals surface area contributed by atoms with Gasteiger partial charge in [0.05, 0.1) is 25.9 Å². The number of nitrogens with two attached hydrogens (primary N) is 1. The fourth-order valence-electron chi connectivity index (χ4n) is 5.36. The molecule has 0 aromatic carbocycles. The Kier molecular flexibility index (Phi) is 7.77. The van der Waals surface area contributed by atoms with Crippen LogP contribution < -0.4 is 5.73 Å². The highest BCUT2D eigenvalue weighted by Crippen LogP contribution is 2.58. The number of aliphatic hydroxyl groups is 2. The topological polar surface area (TPSA) is 250 Å². The average Bonchev–Trinajstić information content (AvgIpc) is 3.73. The second-order valence-corrected chi connectivity index (χ2v) is 15.8. The summed E-state index contributed by atoms with van der Waals surface area (Å²) in [7, 11) is 0. The van der Waals surface area contributed by atoms with Gasteiger partial charge in [-0.25, -0.2) is 29.5 Å². The first-order valence-electron chi connectivity index (χ1n) is 13.0. The third-order valence-corrected chi connectivity index (χ3v) is 10.6. The summed E-state index contributed by atoms with van der Waals surface area (Å²) in [6, 6.07) is 0. The van der Waals surface area contributed by atoms with Gasteiger partial charge in [0, 0.05) is 12.6 Å². The van der Waals surface area contributed by atoms with Crippen LogP contribution in [-0.4, -0.2) is 106 Å². The number of aliphatic hydroxyl groups excluding tert-OH is 2. The minimum atomic E-state index is -4.27. The number of rotatable bonds is 2. The molecule has 10 atom stereocenters. The van der Waals surface area contributed by atoms with E-state index < -0.39 is 75.8 Å².